The first-order chi connectivity index (χ1) is 19.2. The van der Waals surface area contributed by atoms with Gasteiger partial charge < -0.3 is 10.2 Å². The molecule has 2 atom stereocenters. The average Bonchev–Trinajstić information content (AvgIpc) is 3.44. The maximum Gasteiger partial charge on any atom is 0.435 e. The lowest BCUT2D eigenvalue weighted by Crippen LogP contribution is -2.44. The number of hydroxylamine groups is 2. The van der Waals surface area contributed by atoms with Crippen LogP contribution in [0.25, 0.3) is 0 Å². The summed E-state index contributed by atoms with van der Waals surface area (Å²) in [5.74, 6) is -3.87. The molecule has 1 fully saturated rings. The van der Waals surface area contributed by atoms with Gasteiger partial charge in [0, 0.05) is 11.1 Å². The Balaban J connectivity index is 1.57. The normalized spacial score (nSPS) is 21.4. The molecule has 7 nitrogen and oxygen atoms in total. The van der Waals surface area contributed by atoms with E-state index in [1.54, 1.807) is 0 Å². The molecule has 0 aliphatic carbocycles. The number of amides is 2. The Bertz CT molecular complexity index is 1460. The van der Waals surface area contributed by atoms with Crippen LogP contribution in [0.2, 0.25) is 5.02 Å². The van der Waals surface area contributed by atoms with E-state index in [1.165, 1.54) is 13.0 Å². The molecule has 228 valence electrons. The number of nitrogens with one attached hydrogen (secondary N) is 1. The van der Waals surface area contributed by atoms with Gasteiger partial charge in [-0.05, 0) is 42.3 Å². The highest BCUT2D eigenvalue weighted by Crippen LogP contribution is 2.51. The van der Waals surface area contributed by atoms with Crippen LogP contribution in [-0.4, -0.2) is 54.1 Å². The van der Waals surface area contributed by atoms with Gasteiger partial charge in [-0.1, -0.05) is 22.8 Å². The molecule has 1 N–H and O–H groups in total. The summed E-state index contributed by atoms with van der Waals surface area (Å²) < 4.78 is 135. The second kappa shape index (κ2) is 10.6. The number of rotatable bonds is 5. The van der Waals surface area contributed by atoms with Crippen LogP contribution in [0.15, 0.2) is 35.5 Å². The highest BCUT2D eigenvalue weighted by Gasteiger charge is 2.64. The summed E-state index contributed by atoms with van der Waals surface area (Å²) in [6.07, 6.45) is -16.7. The van der Waals surface area contributed by atoms with Crippen LogP contribution in [0.4, 0.5) is 43.9 Å². The Morgan fingerprint density at radius 1 is 1.12 bits per heavy atom. The summed E-state index contributed by atoms with van der Waals surface area (Å²) in [7, 11) is 0. The fourth-order valence-corrected chi connectivity index (χ4v) is 4.50. The quantitative estimate of drug-likeness (QED) is 0.420. The fourth-order valence-electron chi connectivity index (χ4n) is 4.28. The predicted molar refractivity (Wildman–Crippen MR) is 123 cm³/mol. The Hall–Kier alpha value is -3.60. The first-order valence-electron chi connectivity index (χ1n) is 11.5. The van der Waals surface area contributed by atoms with Crippen molar-refractivity contribution in [2.24, 2.45) is 5.16 Å². The van der Waals surface area contributed by atoms with Crippen molar-refractivity contribution in [1.29, 1.82) is 0 Å². The van der Waals surface area contributed by atoms with Crippen molar-refractivity contribution in [3.05, 3.63) is 69.0 Å². The van der Waals surface area contributed by atoms with E-state index in [9.17, 15) is 53.5 Å². The second-order valence-corrected chi connectivity index (χ2v) is 9.70. The first kappa shape index (κ1) is 31.3. The Kier molecular flexibility index (Phi) is 7.90. The molecule has 2 aromatic rings. The van der Waals surface area contributed by atoms with Crippen molar-refractivity contribution in [2.45, 2.75) is 43.5 Å². The second-order valence-electron chi connectivity index (χ2n) is 9.29. The Morgan fingerprint density at radius 3 is 2.36 bits per heavy atom. The van der Waals surface area contributed by atoms with Crippen LogP contribution in [-0.2, 0) is 26.2 Å². The SMILES string of the molecule is Cc1cc(C2=NO[C@](c3cc(C(F)(F)F)cc(Cl)c3F)(C(F)(F)F)C2)ccc1C(=O)N[C@@H]1CON(CC(F)(F)F)C1=O. The molecule has 2 aliphatic heterocycles. The summed E-state index contributed by atoms with van der Waals surface area (Å²) >= 11 is 5.49. The summed E-state index contributed by atoms with van der Waals surface area (Å²) in [6.45, 7) is -0.950. The lowest BCUT2D eigenvalue weighted by Gasteiger charge is -2.30. The minimum atomic E-state index is -5.47. The maximum absolute atomic E-state index is 14.8. The molecule has 18 heteroatoms. The maximum atomic E-state index is 14.8. The van der Waals surface area contributed by atoms with Crippen molar-refractivity contribution >= 4 is 29.1 Å². The van der Waals surface area contributed by atoms with Crippen molar-refractivity contribution in [2.75, 3.05) is 13.2 Å². The minimum absolute atomic E-state index is 0.0481. The van der Waals surface area contributed by atoms with E-state index in [0.29, 0.717) is 0 Å². The van der Waals surface area contributed by atoms with Gasteiger partial charge >= 0.3 is 18.5 Å². The number of halogens is 11. The molecule has 2 amide bonds. The molecule has 0 radical (unpaired) electrons. The summed E-state index contributed by atoms with van der Waals surface area (Å²) in [5, 5.41) is 4.38. The van der Waals surface area contributed by atoms with Gasteiger partial charge in [0.1, 0.15) is 25.0 Å². The summed E-state index contributed by atoms with van der Waals surface area (Å²) in [5.41, 5.74) is -7.43. The molecule has 42 heavy (non-hydrogen) atoms. The van der Waals surface area contributed by atoms with Crippen LogP contribution in [0.1, 0.15) is 39.0 Å². The van der Waals surface area contributed by atoms with Gasteiger partial charge in [0.05, 0.1) is 22.7 Å². The van der Waals surface area contributed by atoms with Crippen molar-refractivity contribution in [1.82, 2.24) is 10.4 Å². The molecular weight excluding hydrogens is 620 g/mol. The number of hydrogen-bond acceptors (Lipinski definition) is 5. The number of hydrogen-bond donors (Lipinski definition) is 1. The monoisotopic (exact) mass is 635 g/mol. The standard InChI is InChI=1S/C24H16ClF10N3O4/c1-10-4-11(2-3-13(10)19(39)36-17-8-41-38(20(17)40)9-22(27,28)29)16-7-21(42-37-16,24(33,34)35)14-5-12(23(30,31)32)6-15(25)18(14)26/h2-6,17H,7-9H2,1H3,(H,36,39)/t17-,21-/m1/s1. The van der Waals surface area contributed by atoms with Crippen LogP contribution in [0.3, 0.4) is 0 Å². The number of alkyl halides is 9. The van der Waals surface area contributed by atoms with Gasteiger partial charge in [-0.3, -0.25) is 14.4 Å². The van der Waals surface area contributed by atoms with E-state index < -0.39 is 89.2 Å². The number of nitrogens with zero attached hydrogens (tertiary/aromatic N) is 2. The molecule has 1 saturated heterocycles. The van der Waals surface area contributed by atoms with Crippen LogP contribution >= 0.6 is 11.6 Å². The van der Waals surface area contributed by atoms with Gasteiger partial charge in [0.25, 0.3) is 17.4 Å². The van der Waals surface area contributed by atoms with E-state index in [4.69, 9.17) is 11.6 Å². The highest BCUT2D eigenvalue weighted by atomic mass is 35.5. The van der Waals surface area contributed by atoms with Crippen molar-refractivity contribution < 1.29 is 63.2 Å². The van der Waals surface area contributed by atoms with Crippen LogP contribution < -0.4 is 5.32 Å². The van der Waals surface area contributed by atoms with E-state index in [1.807, 2.05) is 0 Å². The molecule has 0 aromatic heterocycles. The van der Waals surface area contributed by atoms with Gasteiger partial charge in [0.15, 0.2) is 0 Å². The Labute approximate surface area is 233 Å². The molecule has 2 aromatic carbocycles. The van der Waals surface area contributed by atoms with E-state index in [-0.39, 0.29) is 33.9 Å². The molecule has 0 unspecified atom stereocenters. The topological polar surface area (TPSA) is 80.2 Å². The Morgan fingerprint density at radius 2 is 1.79 bits per heavy atom. The molecular formula is C24H16ClF10N3O4. The third-order valence-electron chi connectivity index (χ3n) is 6.35. The van der Waals surface area contributed by atoms with E-state index in [2.05, 4.69) is 20.1 Å². The average molecular weight is 636 g/mol. The molecule has 0 spiro atoms. The van der Waals surface area contributed by atoms with Gasteiger partial charge in [-0.2, -0.15) is 39.5 Å². The third-order valence-corrected chi connectivity index (χ3v) is 6.63. The predicted octanol–water partition coefficient (Wildman–Crippen LogP) is 5.82. The lowest BCUT2D eigenvalue weighted by molar-refractivity contribution is -0.276. The smallest absolute Gasteiger partial charge is 0.374 e. The number of benzene rings is 2. The zero-order valence-electron chi connectivity index (χ0n) is 20.8. The number of carbonyl (C=O) groups excluding carboxylic acids is 2. The van der Waals surface area contributed by atoms with E-state index >= 15 is 0 Å². The fraction of sp³-hybridized carbons (Fsp3) is 0.375. The van der Waals surface area contributed by atoms with Crippen molar-refractivity contribution in [3.63, 3.8) is 0 Å². The molecule has 2 aliphatic rings. The summed E-state index contributed by atoms with van der Waals surface area (Å²) in [6, 6.07) is 2.00. The van der Waals surface area contributed by atoms with Gasteiger partial charge in [-0.25, -0.2) is 9.45 Å². The number of oxime groups is 1. The molecule has 0 bridgehead atoms. The van der Waals surface area contributed by atoms with Crippen molar-refractivity contribution in [3.8, 4) is 0 Å². The van der Waals surface area contributed by atoms with E-state index in [0.717, 1.165) is 12.1 Å². The number of carbonyl (C=O) groups is 2. The largest absolute Gasteiger partial charge is 0.435 e. The van der Waals surface area contributed by atoms with Gasteiger partial charge in [-0.15, -0.1) is 0 Å². The zero-order valence-corrected chi connectivity index (χ0v) is 21.5. The zero-order chi connectivity index (χ0) is 31.4. The van der Waals surface area contributed by atoms with Crippen LogP contribution in [0.5, 0.6) is 0 Å². The number of aryl methyl sites for hydroxylation is 1. The third kappa shape index (κ3) is 5.97. The molecule has 4 rings (SSSR count). The first-order valence-corrected chi connectivity index (χ1v) is 11.9. The minimum Gasteiger partial charge on any atom is -0.374 e. The highest BCUT2D eigenvalue weighted by molar-refractivity contribution is 6.30. The molecule has 2 heterocycles. The summed E-state index contributed by atoms with van der Waals surface area (Å²) in [4.78, 5) is 34.1. The molecule has 0 saturated carbocycles. The van der Waals surface area contributed by atoms with Crippen LogP contribution in [0, 0.1) is 12.7 Å². The lowest BCUT2D eigenvalue weighted by atomic mass is 9.85. The van der Waals surface area contributed by atoms with Gasteiger partial charge in [0.2, 0.25) is 0 Å².